The Labute approximate surface area is 170 Å². The summed E-state index contributed by atoms with van der Waals surface area (Å²) in [6.45, 7) is -0.0147. The fourth-order valence-corrected chi connectivity index (χ4v) is 3.16. The number of carbonyl (C=O) groups excluding carboxylic acids is 1. The smallest absolute Gasteiger partial charge is 0.261 e. The number of amides is 1. The van der Waals surface area contributed by atoms with Crippen LogP contribution in [0, 0.1) is 11.3 Å². The lowest BCUT2D eigenvalue weighted by molar-refractivity contribution is 0.102. The first-order chi connectivity index (χ1) is 14.1. The summed E-state index contributed by atoms with van der Waals surface area (Å²) >= 11 is 6.17. The number of nitrogens with one attached hydrogen (secondary N) is 1. The van der Waals surface area contributed by atoms with Crippen LogP contribution in [0.25, 0.3) is 16.9 Å². The molecule has 3 aromatic heterocycles. The van der Waals surface area contributed by atoms with Gasteiger partial charge in [0.1, 0.15) is 17.9 Å². The van der Waals surface area contributed by atoms with E-state index in [1.807, 2.05) is 0 Å². The number of nitrogens with zero attached hydrogens (tertiary/aromatic N) is 6. The summed E-state index contributed by atoms with van der Waals surface area (Å²) in [4.78, 5) is 17.1. The molecule has 0 aliphatic heterocycles. The number of carbonyl (C=O) groups is 1. The molecule has 29 heavy (non-hydrogen) atoms. The predicted molar refractivity (Wildman–Crippen MR) is 106 cm³/mol. The van der Waals surface area contributed by atoms with Crippen LogP contribution in [-0.4, -0.2) is 37.4 Å². The molecule has 0 radical (unpaired) electrons. The van der Waals surface area contributed by atoms with Gasteiger partial charge in [0.15, 0.2) is 5.65 Å². The molecule has 0 aliphatic carbocycles. The van der Waals surface area contributed by atoms with Crippen LogP contribution in [0.15, 0.2) is 49.1 Å². The number of methoxy groups -OCH3 is 1. The third kappa shape index (κ3) is 3.37. The highest BCUT2D eigenvalue weighted by Crippen LogP contribution is 2.37. The van der Waals surface area contributed by atoms with Crippen molar-refractivity contribution in [3.8, 4) is 23.1 Å². The van der Waals surface area contributed by atoms with Crippen LogP contribution in [0.3, 0.4) is 0 Å². The Balaban J connectivity index is 1.78. The lowest BCUT2D eigenvalue weighted by Gasteiger charge is -2.13. The zero-order valence-electron chi connectivity index (χ0n) is 15.2. The summed E-state index contributed by atoms with van der Waals surface area (Å²) in [6, 6.07) is 8.87. The molecule has 0 spiro atoms. The molecule has 0 fully saturated rings. The largest absolute Gasteiger partial charge is 0.496 e. The van der Waals surface area contributed by atoms with E-state index in [9.17, 15) is 4.79 Å². The summed E-state index contributed by atoms with van der Waals surface area (Å²) in [5.74, 6) is 0.125. The lowest BCUT2D eigenvalue weighted by Crippen LogP contribution is -2.13. The summed E-state index contributed by atoms with van der Waals surface area (Å²) in [6.07, 6.45) is 6.20. The van der Waals surface area contributed by atoms with Gasteiger partial charge in [0.2, 0.25) is 0 Å². The first-order valence-electron chi connectivity index (χ1n) is 8.48. The highest BCUT2D eigenvalue weighted by Gasteiger charge is 2.21. The number of anilines is 1. The number of fused-ring (bicyclic) bond motifs is 1. The highest BCUT2D eigenvalue weighted by atomic mass is 35.5. The second kappa shape index (κ2) is 7.61. The van der Waals surface area contributed by atoms with Crippen molar-refractivity contribution in [1.82, 2.24) is 24.4 Å². The number of aromatic nitrogens is 5. The van der Waals surface area contributed by atoms with Crippen LogP contribution in [0.5, 0.6) is 5.75 Å². The van der Waals surface area contributed by atoms with Gasteiger partial charge in [0.05, 0.1) is 37.0 Å². The van der Waals surface area contributed by atoms with E-state index >= 15 is 0 Å². The van der Waals surface area contributed by atoms with Crippen molar-refractivity contribution in [2.24, 2.45) is 0 Å². The summed E-state index contributed by atoms with van der Waals surface area (Å²) in [5.41, 5.74) is 2.24. The maximum atomic E-state index is 12.9. The summed E-state index contributed by atoms with van der Waals surface area (Å²) in [7, 11) is 1.53. The van der Waals surface area contributed by atoms with Gasteiger partial charge in [-0.25, -0.2) is 14.2 Å². The Morgan fingerprint density at radius 3 is 3.00 bits per heavy atom. The Morgan fingerprint density at radius 2 is 2.21 bits per heavy atom. The molecule has 0 saturated carbocycles. The fourth-order valence-electron chi connectivity index (χ4n) is 2.99. The Hall–Kier alpha value is -3.90. The summed E-state index contributed by atoms with van der Waals surface area (Å²) < 4.78 is 8.41. The van der Waals surface area contributed by atoms with Crippen LogP contribution in [0.1, 0.15) is 10.4 Å². The molecule has 144 valence electrons. The van der Waals surface area contributed by atoms with Crippen molar-refractivity contribution in [3.05, 3.63) is 59.6 Å². The molecule has 4 aromatic rings. The maximum Gasteiger partial charge on any atom is 0.261 e. The molecule has 0 atom stereocenters. The van der Waals surface area contributed by atoms with Crippen LogP contribution in [-0.2, 0) is 6.54 Å². The van der Waals surface area contributed by atoms with E-state index in [0.29, 0.717) is 38.9 Å². The number of halogens is 1. The molecule has 4 rings (SSSR count). The molecule has 1 amide bonds. The molecular weight excluding hydrogens is 394 g/mol. The highest BCUT2D eigenvalue weighted by molar-refractivity contribution is 6.31. The minimum Gasteiger partial charge on any atom is -0.496 e. The third-order valence-electron chi connectivity index (χ3n) is 4.25. The van der Waals surface area contributed by atoms with Crippen molar-refractivity contribution in [2.45, 2.75) is 6.54 Å². The molecule has 0 unspecified atom stereocenters. The zero-order chi connectivity index (χ0) is 20.4. The van der Waals surface area contributed by atoms with E-state index < -0.39 is 5.91 Å². The van der Waals surface area contributed by atoms with Gasteiger partial charge in [-0.3, -0.25) is 4.79 Å². The Morgan fingerprint density at radius 1 is 1.34 bits per heavy atom. The van der Waals surface area contributed by atoms with E-state index in [1.165, 1.54) is 28.7 Å². The molecule has 0 saturated heterocycles. The number of hydrogen-bond acceptors (Lipinski definition) is 6. The Kier molecular flexibility index (Phi) is 4.85. The SMILES string of the molecule is COc1ccc(Cl)cc1-c1c(NC(=O)c2cnn3cccnc23)cnn1CC#N. The molecule has 3 heterocycles. The van der Waals surface area contributed by atoms with E-state index in [4.69, 9.17) is 21.6 Å². The predicted octanol–water partition coefficient (Wildman–Crippen LogP) is 3.03. The molecule has 1 aromatic carbocycles. The second-order valence-corrected chi connectivity index (χ2v) is 6.40. The van der Waals surface area contributed by atoms with E-state index in [2.05, 4.69) is 26.6 Å². The number of nitriles is 1. The fraction of sp³-hybridized carbons (Fsp3) is 0.105. The molecule has 1 N–H and O–H groups in total. The average Bonchev–Trinajstić information content (AvgIpc) is 3.32. The van der Waals surface area contributed by atoms with Crippen molar-refractivity contribution in [2.75, 3.05) is 12.4 Å². The van der Waals surface area contributed by atoms with E-state index in [-0.39, 0.29) is 6.54 Å². The average molecular weight is 408 g/mol. The van der Waals surface area contributed by atoms with E-state index in [1.54, 1.807) is 36.7 Å². The number of ether oxygens (including phenoxy) is 1. The van der Waals surface area contributed by atoms with Crippen molar-refractivity contribution >= 4 is 28.8 Å². The normalized spacial score (nSPS) is 10.7. The first kappa shape index (κ1) is 18.5. The minimum atomic E-state index is -0.405. The van der Waals surface area contributed by atoms with Crippen molar-refractivity contribution in [3.63, 3.8) is 0 Å². The van der Waals surface area contributed by atoms with Crippen molar-refractivity contribution < 1.29 is 9.53 Å². The molecular formula is C19H14ClN7O2. The maximum absolute atomic E-state index is 12.9. The van der Waals surface area contributed by atoms with Gasteiger partial charge in [-0.05, 0) is 24.3 Å². The Bertz CT molecular complexity index is 1260. The van der Waals surface area contributed by atoms with Gasteiger partial charge in [-0.2, -0.15) is 15.5 Å². The van der Waals surface area contributed by atoms with Crippen LogP contribution < -0.4 is 10.1 Å². The number of rotatable bonds is 5. The quantitative estimate of drug-likeness (QED) is 0.544. The standard InChI is InChI=1S/C19H14ClN7O2/c1-29-16-4-3-12(20)9-13(16)17-15(11-24-26(17)8-5-21)25-19(28)14-10-23-27-7-2-6-22-18(14)27/h2-4,6-7,9-11H,8H2,1H3,(H,25,28). The minimum absolute atomic E-state index is 0.0147. The van der Waals surface area contributed by atoms with Gasteiger partial charge >= 0.3 is 0 Å². The van der Waals surface area contributed by atoms with Gasteiger partial charge in [-0.15, -0.1) is 0 Å². The van der Waals surface area contributed by atoms with Crippen molar-refractivity contribution in [1.29, 1.82) is 5.26 Å². The molecule has 10 heteroatoms. The lowest BCUT2D eigenvalue weighted by atomic mass is 10.1. The van der Waals surface area contributed by atoms with Crippen LogP contribution in [0.2, 0.25) is 5.02 Å². The monoisotopic (exact) mass is 407 g/mol. The summed E-state index contributed by atoms with van der Waals surface area (Å²) in [5, 5.41) is 20.8. The van der Waals surface area contributed by atoms with Crippen LogP contribution >= 0.6 is 11.6 Å². The third-order valence-corrected chi connectivity index (χ3v) is 4.48. The van der Waals surface area contributed by atoms with Gasteiger partial charge in [0, 0.05) is 23.0 Å². The number of benzene rings is 1. The molecule has 9 nitrogen and oxygen atoms in total. The molecule has 0 bridgehead atoms. The zero-order valence-corrected chi connectivity index (χ0v) is 16.0. The van der Waals surface area contributed by atoms with Gasteiger partial charge < -0.3 is 10.1 Å². The van der Waals surface area contributed by atoms with E-state index in [0.717, 1.165) is 0 Å². The number of hydrogen-bond donors (Lipinski definition) is 1. The second-order valence-electron chi connectivity index (χ2n) is 5.97. The topological polar surface area (TPSA) is 110 Å². The van der Waals surface area contributed by atoms with Crippen LogP contribution in [0.4, 0.5) is 5.69 Å². The van der Waals surface area contributed by atoms with Gasteiger partial charge in [0.25, 0.3) is 5.91 Å². The molecule has 0 aliphatic rings. The van der Waals surface area contributed by atoms with Gasteiger partial charge in [-0.1, -0.05) is 11.6 Å². The first-order valence-corrected chi connectivity index (χ1v) is 8.86.